The fourth-order valence-electron chi connectivity index (χ4n) is 6.40. The van der Waals surface area contributed by atoms with Crippen molar-refractivity contribution in [1.29, 1.82) is 0 Å². The molecule has 3 fully saturated rings. The highest BCUT2D eigenvalue weighted by molar-refractivity contribution is 5.86. The Bertz CT molecular complexity index is 2190. The summed E-state index contributed by atoms with van der Waals surface area (Å²) in [7, 11) is 4.01. The number of fused-ring (bicyclic) bond motifs is 2. The number of aryl methyl sites for hydroxylation is 1. The van der Waals surface area contributed by atoms with Gasteiger partial charge in [-0.15, -0.1) is 0 Å². The van der Waals surface area contributed by atoms with Gasteiger partial charge in [-0.3, -0.25) is 4.68 Å². The number of pyridine rings is 1. The summed E-state index contributed by atoms with van der Waals surface area (Å²) < 4.78 is 12.6. The monoisotopic (exact) mass is 719 g/mol. The van der Waals surface area contributed by atoms with Crippen LogP contribution in [0.2, 0.25) is 0 Å². The van der Waals surface area contributed by atoms with Crippen LogP contribution >= 0.6 is 0 Å². The average molecular weight is 720 g/mol. The molecule has 0 spiro atoms. The molecule has 6 aromatic heterocycles. The minimum absolute atomic E-state index is 0.197. The smallest absolute Gasteiger partial charge is 0.224 e. The molecule has 3 saturated heterocycles. The van der Waals surface area contributed by atoms with Crippen molar-refractivity contribution in [3.8, 4) is 22.5 Å². The number of nitrogen functional groups attached to an aromatic ring is 2. The maximum absolute atomic E-state index is 5.91. The van der Waals surface area contributed by atoms with E-state index in [9.17, 15) is 0 Å². The fraction of sp³-hybridized carbons (Fsp3) is 0.412. The lowest BCUT2D eigenvalue weighted by atomic mass is 10.2. The van der Waals surface area contributed by atoms with Crippen LogP contribution in [0.1, 0.15) is 0 Å². The van der Waals surface area contributed by atoms with Gasteiger partial charge in [-0.1, -0.05) is 0 Å². The summed E-state index contributed by atoms with van der Waals surface area (Å²) in [5.74, 6) is 2.79. The number of piperazine rings is 1. The van der Waals surface area contributed by atoms with Crippen molar-refractivity contribution in [2.75, 3.05) is 112 Å². The van der Waals surface area contributed by atoms with Crippen molar-refractivity contribution in [2.24, 2.45) is 7.05 Å². The Labute approximate surface area is 305 Å². The second-order valence-electron chi connectivity index (χ2n) is 13.0. The van der Waals surface area contributed by atoms with E-state index in [-0.39, 0.29) is 11.9 Å². The van der Waals surface area contributed by atoms with E-state index >= 15 is 0 Å². The van der Waals surface area contributed by atoms with Gasteiger partial charge >= 0.3 is 0 Å². The molecule has 9 rings (SSSR count). The minimum atomic E-state index is 0.197. The van der Waals surface area contributed by atoms with Crippen LogP contribution in [0.25, 0.3) is 44.8 Å². The summed E-state index contributed by atoms with van der Waals surface area (Å²) in [6, 6.07) is 4.10. The molecule has 19 nitrogen and oxygen atoms in total. The highest BCUT2D eigenvalue weighted by Crippen LogP contribution is 2.28. The Morgan fingerprint density at radius 2 is 1.09 bits per heavy atom. The van der Waals surface area contributed by atoms with Gasteiger partial charge in [0, 0.05) is 82.9 Å². The van der Waals surface area contributed by atoms with Gasteiger partial charge < -0.3 is 40.5 Å². The molecular weight excluding hydrogens is 678 g/mol. The number of hydrogen-bond acceptors (Lipinski definition) is 18. The third-order valence-electron chi connectivity index (χ3n) is 9.30. The molecule has 0 aliphatic carbocycles. The predicted octanol–water partition coefficient (Wildman–Crippen LogP) is 0.892. The molecular formula is C34H41N17O2. The molecule has 0 aromatic carbocycles. The summed E-state index contributed by atoms with van der Waals surface area (Å²) in [5.41, 5.74) is 17.3. The first kappa shape index (κ1) is 34.2. The van der Waals surface area contributed by atoms with Crippen LogP contribution in [-0.2, 0) is 16.5 Å². The number of ether oxygens (including phenoxy) is 2. The predicted molar refractivity (Wildman–Crippen MR) is 200 cm³/mol. The highest BCUT2D eigenvalue weighted by atomic mass is 16.5. The van der Waals surface area contributed by atoms with Crippen LogP contribution in [0.5, 0.6) is 0 Å². The van der Waals surface area contributed by atoms with Crippen molar-refractivity contribution < 1.29 is 9.47 Å². The van der Waals surface area contributed by atoms with E-state index in [1.807, 2.05) is 25.5 Å². The van der Waals surface area contributed by atoms with E-state index in [1.54, 1.807) is 23.3 Å². The van der Waals surface area contributed by atoms with E-state index in [1.165, 1.54) is 0 Å². The molecule has 3 aliphatic rings. The van der Waals surface area contributed by atoms with Crippen molar-refractivity contribution in [2.45, 2.75) is 0 Å². The van der Waals surface area contributed by atoms with E-state index < -0.39 is 0 Å². The molecule has 9 heterocycles. The van der Waals surface area contributed by atoms with Crippen LogP contribution in [0.15, 0.2) is 43.1 Å². The molecule has 0 bridgehead atoms. The molecule has 0 unspecified atom stereocenters. The van der Waals surface area contributed by atoms with Gasteiger partial charge in [0.25, 0.3) is 0 Å². The topological polar surface area (TPSA) is 217 Å². The highest BCUT2D eigenvalue weighted by Gasteiger charge is 2.21. The second kappa shape index (κ2) is 15.0. The van der Waals surface area contributed by atoms with Crippen LogP contribution in [0.4, 0.5) is 29.4 Å². The zero-order valence-corrected chi connectivity index (χ0v) is 29.7. The quantitative estimate of drug-likeness (QED) is 0.253. The molecule has 19 heteroatoms. The maximum atomic E-state index is 5.91. The Morgan fingerprint density at radius 1 is 0.547 bits per heavy atom. The van der Waals surface area contributed by atoms with Gasteiger partial charge in [-0.2, -0.15) is 25.0 Å². The second-order valence-corrected chi connectivity index (χ2v) is 13.0. The largest absolute Gasteiger partial charge is 0.378 e. The number of morpholine rings is 2. The Morgan fingerprint density at radius 3 is 1.58 bits per heavy atom. The van der Waals surface area contributed by atoms with E-state index in [0.717, 1.165) is 80.7 Å². The molecule has 6 aromatic rings. The number of hydrogen-bond donors (Lipinski definition) is 2. The van der Waals surface area contributed by atoms with Crippen molar-refractivity contribution in [3.63, 3.8) is 0 Å². The summed E-state index contributed by atoms with van der Waals surface area (Å²) >= 11 is 0. The summed E-state index contributed by atoms with van der Waals surface area (Å²) in [6.07, 6.45) is 8.89. The fourth-order valence-corrected chi connectivity index (χ4v) is 6.40. The zero-order valence-electron chi connectivity index (χ0n) is 29.7. The van der Waals surface area contributed by atoms with E-state index in [2.05, 4.69) is 72.7 Å². The Balaban J connectivity index is 0.000000156. The molecule has 0 atom stereocenters. The molecule has 274 valence electrons. The lowest BCUT2D eigenvalue weighted by molar-refractivity contribution is 0.122. The number of nitrogens with two attached hydrogens (primary N) is 2. The van der Waals surface area contributed by atoms with E-state index in [0.29, 0.717) is 60.4 Å². The standard InChI is InChI=1S/C20H25N9O.C14H16N8O/c1-27-4-6-28(7-5-27)16-3-2-14(12-22-16)15-13-23-18-17(24-15)19(26-20(21)25-18)29-8-10-30-11-9-29;1-21-8-9(6-17-21)10-7-16-12-11(18-10)13(20-14(15)19-12)22-2-4-23-5-3-22/h2-3,12-13H,4-11H2,1H3,(H2,21,23,25,26);6-8H,2-5H2,1H3,(H2,15,16,19,20). The third kappa shape index (κ3) is 7.52. The third-order valence-corrected chi connectivity index (χ3v) is 9.30. The van der Waals surface area contributed by atoms with Crippen LogP contribution in [0.3, 0.4) is 0 Å². The van der Waals surface area contributed by atoms with Gasteiger partial charge in [0.2, 0.25) is 11.9 Å². The van der Waals surface area contributed by atoms with Crippen molar-refractivity contribution >= 4 is 51.7 Å². The number of rotatable bonds is 5. The normalized spacial score (nSPS) is 16.9. The SMILES string of the molecule is CN1CCN(c2ccc(-c3cnc4nc(N)nc(N5CCOCC5)c4n3)cn2)CC1.Cn1cc(-c2cnc3nc(N)nc(N4CCOCC4)c3n2)cn1. The molecule has 0 amide bonds. The summed E-state index contributed by atoms with van der Waals surface area (Å²) in [5, 5.41) is 4.17. The van der Waals surface area contributed by atoms with Gasteiger partial charge in [-0.25, -0.2) is 24.9 Å². The van der Waals surface area contributed by atoms with Crippen molar-refractivity contribution in [1.82, 2.24) is 59.5 Å². The molecule has 53 heavy (non-hydrogen) atoms. The molecule has 3 aliphatic heterocycles. The molecule has 4 N–H and O–H groups in total. The number of anilines is 5. The zero-order chi connectivity index (χ0) is 36.3. The van der Waals surface area contributed by atoms with Gasteiger partial charge in [-0.05, 0) is 19.2 Å². The lowest BCUT2D eigenvalue weighted by Crippen LogP contribution is -2.44. The Hall–Kier alpha value is -5.92. The average Bonchev–Trinajstić information content (AvgIpc) is 3.64. The molecule has 0 saturated carbocycles. The summed E-state index contributed by atoms with van der Waals surface area (Å²) in [6.45, 7) is 9.63. The summed E-state index contributed by atoms with van der Waals surface area (Å²) in [4.78, 5) is 49.2. The first-order valence-electron chi connectivity index (χ1n) is 17.5. The first-order valence-corrected chi connectivity index (χ1v) is 17.5. The minimum Gasteiger partial charge on any atom is -0.378 e. The van der Waals surface area contributed by atoms with E-state index in [4.69, 9.17) is 30.9 Å². The molecule has 0 radical (unpaired) electrons. The van der Waals surface area contributed by atoms with Crippen LogP contribution in [0, 0.1) is 0 Å². The number of aromatic nitrogens is 11. The van der Waals surface area contributed by atoms with Gasteiger partial charge in [0.05, 0.1) is 56.4 Å². The maximum Gasteiger partial charge on any atom is 0.224 e. The van der Waals surface area contributed by atoms with Gasteiger partial charge in [0.15, 0.2) is 34.0 Å². The lowest BCUT2D eigenvalue weighted by Gasteiger charge is -2.33. The Kier molecular flexibility index (Phi) is 9.66. The van der Waals surface area contributed by atoms with Gasteiger partial charge in [0.1, 0.15) is 5.82 Å². The first-order chi connectivity index (χ1) is 25.9. The number of nitrogens with zero attached hydrogens (tertiary/aromatic N) is 15. The number of likely N-dealkylation sites (N-methyl/N-ethyl adjacent to an activating group) is 1. The van der Waals surface area contributed by atoms with Crippen molar-refractivity contribution in [3.05, 3.63) is 43.1 Å². The van der Waals surface area contributed by atoms with Crippen LogP contribution in [-0.4, -0.2) is 145 Å². The van der Waals surface area contributed by atoms with Crippen LogP contribution < -0.4 is 26.2 Å².